The van der Waals surface area contributed by atoms with Gasteiger partial charge in [0, 0.05) is 31.4 Å². The lowest BCUT2D eigenvalue weighted by Crippen LogP contribution is -2.31. The topological polar surface area (TPSA) is 94.8 Å². The van der Waals surface area contributed by atoms with E-state index < -0.39 is 5.63 Å². The first kappa shape index (κ1) is 15.0. The third-order valence-corrected chi connectivity index (χ3v) is 3.49. The Balaban J connectivity index is 1.65. The number of carbonyl (C=O) groups excluding carboxylic acids is 1. The second-order valence-electron chi connectivity index (χ2n) is 4.99. The number of aromatic nitrogens is 2. The smallest absolute Gasteiger partial charge is 0.335 e. The van der Waals surface area contributed by atoms with Crippen molar-refractivity contribution in [1.29, 1.82) is 0 Å². The van der Waals surface area contributed by atoms with Crippen LogP contribution >= 0.6 is 0 Å². The second kappa shape index (κ2) is 6.47. The summed E-state index contributed by atoms with van der Waals surface area (Å²) in [5, 5.41) is 0. The second-order valence-corrected chi connectivity index (χ2v) is 4.99. The summed E-state index contributed by atoms with van der Waals surface area (Å²) in [6.45, 7) is 0.961. The van der Waals surface area contributed by atoms with E-state index in [1.54, 1.807) is 4.90 Å². The number of methoxy groups -OCH3 is 1. The van der Waals surface area contributed by atoms with Gasteiger partial charge in [-0.05, 0) is 6.07 Å². The van der Waals surface area contributed by atoms with E-state index in [1.807, 2.05) is 0 Å². The molecule has 23 heavy (non-hydrogen) atoms. The van der Waals surface area contributed by atoms with Crippen LogP contribution in [0.15, 0.2) is 40.0 Å². The molecule has 8 heteroatoms. The molecule has 2 aromatic heterocycles. The molecule has 1 saturated heterocycles. The third-order valence-electron chi connectivity index (χ3n) is 3.49. The molecule has 0 aromatic carbocycles. The maximum Gasteiger partial charge on any atom is 0.335 e. The Kier molecular flexibility index (Phi) is 4.22. The standard InChI is InChI=1S/C15H15N3O5/c1-21-13-14(17-6-5-16-13)23-11-4-7-18(8-11)15(20)10-2-3-12(19)22-9-10/h2-3,5-6,9,11H,4,7-8H2,1H3. The summed E-state index contributed by atoms with van der Waals surface area (Å²) in [6, 6.07) is 2.68. The number of hydrogen-bond acceptors (Lipinski definition) is 7. The quantitative estimate of drug-likeness (QED) is 0.820. The lowest BCUT2D eigenvalue weighted by molar-refractivity contribution is 0.0767. The number of carbonyl (C=O) groups is 1. The Morgan fingerprint density at radius 3 is 2.78 bits per heavy atom. The normalized spacial score (nSPS) is 17.1. The van der Waals surface area contributed by atoms with Crippen LogP contribution in [0.25, 0.3) is 0 Å². The molecular formula is C15H15N3O5. The molecule has 0 N–H and O–H groups in total. The maximum atomic E-state index is 12.3. The van der Waals surface area contributed by atoms with E-state index in [1.165, 1.54) is 37.9 Å². The minimum absolute atomic E-state index is 0.194. The Labute approximate surface area is 131 Å². The molecule has 1 aliphatic heterocycles. The van der Waals surface area contributed by atoms with Crippen LogP contribution < -0.4 is 15.1 Å². The van der Waals surface area contributed by atoms with Crippen molar-refractivity contribution in [2.24, 2.45) is 0 Å². The predicted molar refractivity (Wildman–Crippen MR) is 78.5 cm³/mol. The molecule has 0 aliphatic carbocycles. The molecule has 1 amide bonds. The highest BCUT2D eigenvalue weighted by atomic mass is 16.5. The summed E-state index contributed by atoms with van der Waals surface area (Å²) >= 11 is 0. The molecule has 1 aliphatic rings. The zero-order chi connectivity index (χ0) is 16.2. The van der Waals surface area contributed by atoms with Gasteiger partial charge in [0.2, 0.25) is 0 Å². The molecule has 1 fully saturated rings. The van der Waals surface area contributed by atoms with E-state index in [0.717, 1.165) is 0 Å². The van der Waals surface area contributed by atoms with Crippen LogP contribution in [0, 0.1) is 0 Å². The first-order valence-corrected chi connectivity index (χ1v) is 7.07. The van der Waals surface area contributed by atoms with Crippen molar-refractivity contribution >= 4 is 5.91 Å². The fraction of sp³-hybridized carbons (Fsp3) is 0.333. The van der Waals surface area contributed by atoms with E-state index in [4.69, 9.17) is 13.9 Å². The zero-order valence-electron chi connectivity index (χ0n) is 12.5. The van der Waals surface area contributed by atoms with Gasteiger partial charge < -0.3 is 18.8 Å². The van der Waals surface area contributed by atoms with Crippen molar-refractivity contribution < 1.29 is 18.7 Å². The molecule has 0 radical (unpaired) electrons. The fourth-order valence-corrected chi connectivity index (χ4v) is 2.36. The number of rotatable bonds is 4. The van der Waals surface area contributed by atoms with Gasteiger partial charge in [0.05, 0.1) is 19.2 Å². The SMILES string of the molecule is COc1nccnc1OC1CCN(C(=O)c2ccc(=O)oc2)C1. The van der Waals surface area contributed by atoms with E-state index in [-0.39, 0.29) is 12.0 Å². The average molecular weight is 317 g/mol. The summed E-state index contributed by atoms with van der Waals surface area (Å²) in [5.41, 5.74) is -0.152. The van der Waals surface area contributed by atoms with Crippen LogP contribution in [0.1, 0.15) is 16.8 Å². The predicted octanol–water partition coefficient (Wildman–Crippen LogP) is 0.732. The van der Waals surface area contributed by atoms with Crippen LogP contribution in [0.2, 0.25) is 0 Å². The first-order valence-electron chi connectivity index (χ1n) is 7.07. The van der Waals surface area contributed by atoms with Gasteiger partial charge in [0.15, 0.2) is 0 Å². The monoisotopic (exact) mass is 317 g/mol. The minimum atomic E-state index is -0.487. The molecule has 1 atom stereocenters. The highest BCUT2D eigenvalue weighted by Gasteiger charge is 2.29. The molecule has 0 spiro atoms. The van der Waals surface area contributed by atoms with Gasteiger partial charge in [-0.25, -0.2) is 14.8 Å². The molecule has 8 nitrogen and oxygen atoms in total. The molecular weight excluding hydrogens is 302 g/mol. The van der Waals surface area contributed by atoms with Crippen molar-refractivity contribution in [3.05, 3.63) is 46.8 Å². The largest absolute Gasteiger partial charge is 0.477 e. The summed E-state index contributed by atoms with van der Waals surface area (Å²) < 4.78 is 15.6. The summed E-state index contributed by atoms with van der Waals surface area (Å²) in [7, 11) is 1.49. The van der Waals surface area contributed by atoms with Gasteiger partial charge in [-0.2, -0.15) is 0 Å². The maximum absolute atomic E-state index is 12.3. The van der Waals surface area contributed by atoms with Gasteiger partial charge in [-0.1, -0.05) is 0 Å². The number of nitrogens with zero attached hydrogens (tertiary/aromatic N) is 3. The van der Waals surface area contributed by atoms with Gasteiger partial charge >= 0.3 is 5.63 Å². The number of likely N-dealkylation sites (tertiary alicyclic amines) is 1. The number of ether oxygens (including phenoxy) is 2. The van der Waals surface area contributed by atoms with E-state index in [9.17, 15) is 9.59 Å². The molecule has 3 heterocycles. The van der Waals surface area contributed by atoms with Gasteiger partial charge in [0.25, 0.3) is 17.7 Å². The van der Waals surface area contributed by atoms with Crippen molar-refractivity contribution in [1.82, 2.24) is 14.9 Å². The molecule has 0 saturated carbocycles. The van der Waals surface area contributed by atoms with Crippen molar-refractivity contribution in [3.63, 3.8) is 0 Å². The summed E-state index contributed by atoms with van der Waals surface area (Å²) in [5.74, 6) is 0.410. The summed E-state index contributed by atoms with van der Waals surface area (Å²) in [6.07, 6.45) is 4.67. The van der Waals surface area contributed by atoms with Crippen molar-refractivity contribution in [2.45, 2.75) is 12.5 Å². The van der Waals surface area contributed by atoms with E-state index >= 15 is 0 Å². The van der Waals surface area contributed by atoms with E-state index in [0.29, 0.717) is 36.8 Å². The minimum Gasteiger partial charge on any atom is -0.477 e. The fourth-order valence-electron chi connectivity index (χ4n) is 2.36. The Bertz CT molecular complexity index is 740. The number of hydrogen-bond donors (Lipinski definition) is 0. The molecule has 2 aromatic rings. The van der Waals surface area contributed by atoms with Crippen LogP contribution in [0.4, 0.5) is 0 Å². The van der Waals surface area contributed by atoms with Gasteiger partial charge in [-0.3, -0.25) is 4.79 Å². The highest BCUT2D eigenvalue weighted by Crippen LogP contribution is 2.24. The van der Waals surface area contributed by atoms with E-state index in [2.05, 4.69) is 9.97 Å². The molecule has 1 unspecified atom stereocenters. The molecule has 3 rings (SSSR count). The zero-order valence-corrected chi connectivity index (χ0v) is 12.5. The first-order chi connectivity index (χ1) is 11.2. The Morgan fingerprint density at radius 1 is 1.30 bits per heavy atom. The highest BCUT2D eigenvalue weighted by molar-refractivity contribution is 5.93. The Morgan fingerprint density at radius 2 is 2.09 bits per heavy atom. The number of amides is 1. The van der Waals surface area contributed by atoms with Crippen LogP contribution in [0.5, 0.6) is 11.8 Å². The van der Waals surface area contributed by atoms with Crippen LogP contribution in [0.3, 0.4) is 0 Å². The third kappa shape index (κ3) is 3.31. The van der Waals surface area contributed by atoms with Gasteiger partial charge in [-0.15, -0.1) is 0 Å². The van der Waals surface area contributed by atoms with Crippen molar-refractivity contribution in [2.75, 3.05) is 20.2 Å². The molecule has 120 valence electrons. The average Bonchev–Trinajstić information content (AvgIpc) is 3.04. The lowest BCUT2D eigenvalue weighted by Gasteiger charge is -2.17. The van der Waals surface area contributed by atoms with Crippen LogP contribution in [-0.2, 0) is 0 Å². The van der Waals surface area contributed by atoms with Gasteiger partial charge in [0.1, 0.15) is 12.4 Å². The Hall–Kier alpha value is -2.90. The lowest BCUT2D eigenvalue weighted by atomic mass is 10.2. The van der Waals surface area contributed by atoms with Crippen LogP contribution in [-0.4, -0.2) is 47.1 Å². The molecule has 0 bridgehead atoms. The summed E-state index contributed by atoms with van der Waals surface area (Å²) in [4.78, 5) is 33.0. The van der Waals surface area contributed by atoms with Crippen molar-refractivity contribution in [3.8, 4) is 11.8 Å².